The number of halogens is 4. The average molecular weight is 411 g/mol. The van der Waals surface area contributed by atoms with E-state index in [9.17, 15) is 0 Å². The predicted octanol–water partition coefficient (Wildman–Crippen LogP) is 4.92. The number of benzene rings is 1. The van der Waals surface area contributed by atoms with Crippen LogP contribution in [0.5, 0.6) is 0 Å². The molecule has 92 valence electrons. The first kappa shape index (κ1) is 12.8. The molecule has 2 aromatic heterocycles. The smallest absolute Gasteiger partial charge is 0.218 e. The molecule has 0 aliphatic carbocycles. The number of para-hydroxylation sites is 1. The molecule has 0 unspecified atom stereocenters. The highest BCUT2D eigenvalue weighted by molar-refractivity contribution is 14.1. The first-order chi connectivity index (χ1) is 8.48. The summed E-state index contributed by atoms with van der Waals surface area (Å²) in [5.41, 5.74) is 3.27. The van der Waals surface area contributed by atoms with E-state index in [-0.39, 0.29) is 0 Å². The van der Waals surface area contributed by atoms with Crippen LogP contribution >= 0.6 is 57.4 Å². The number of aromatic nitrogens is 2. The van der Waals surface area contributed by atoms with Crippen LogP contribution in [-0.2, 0) is 3.79 Å². The Balaban J connectivity index is 2.47. The van der Waals surface area contributed by atoms with Crippen molar-refractivity contribution in [1.29, 1.82) is 0 Å². The zero-order valence-electron chi connectivity index (χ0n) is 8.87. The fraction of sp³-hybridized carbons (Fsp3) is 0.0833. The fourth-order valence-corrected chi connectivity index (χ4v) is 2.99. The molecule has 18 heavy (non-hydrogen) atoms. The maximum absolute atomic E-state index is 5.97. The summed E-state index contributed by atoms with van der Waals surface area (Å²) in [6, 6.07) is 7.64. The van der Waals surface area contributed by atoms with E-state index in [4.69, 9.17) is 34.8 Å². The van der Waals surface area contributed by atoms with Crippen LogP contribution in [-0.4, -0.2) is 9.38 Å². The zero-order valence-corrected chi connectivity index (χ0v) is 13.3. The van der Waals surface area contributed by atoms with Gasteiger partial charge in [0.2, 0.25) is 3.79 Å². The molecule has 3 rings (SSSR count). The lowest BCUT2D eigenvalue weighted by Crippen LogP contribution is -2.03. The third-order valence-electron chi connectivity index (χ3n) is 2.77. The Bertz CT molecular complexity index is 746. The van der Waals surface area contributed by atoms with E-state index in [0.29, 0.717) is 11.1 Å². The van der Waals surface area contributed by atoms with Gasteiger partial charge in [-0.3, -0.25) is 4.98 Å². The standard InChI is InChI=1S/C12H6Cl3IN2/c13-12(14,15)7-2-1-3-9-11(7)17-6-10-8(16)4-5-18(9)10/h1-6H. The highest BCUT2D eigenvalue weighted by Crippen LogP contribution is 2.41. The number of alkyl halides is 3. The van der Waals surface area contributed by atoms with Crippen molar-refractivity contribution in [3.05, 3.63) is 45.8 Å². The minimum absolute atomic E-state index is 0.593. The van der Waals surface area contributed by atoms with Crippen LogP contribution in [0.2, 0.25) is 0 Å². The van der Waals surface area contributed by atoms with E-state index >= 15 is 0 Å². The summed E-state index contributed by atoms with van der Waals surface area (Å²) < 4.78 is 1.71. The summed E-state index contributed by atoms with van der Waals surface area (Å²) in [7, 11) is 0. The van der Waals surface area contributed by atoms with Gasteiger partial charge in [-0.2, -0.15) is 0 Å². The largest absolute Gasteiger partial charge is 0.313 e. The van der Waals surface area contributed by atoms with Gasteiger partial charge in [0.05, 0.1) is 22.7 Å². The van der Waals surface area contributed by atoms with Gasteiger partial charge in [0.15, 0.2) is 0 Å². The molecule has 0 saturated heterocycles. The summed E-state index contributed by atoms with van der Waals surface area (Å²) in [6.45, 7) is 0. The molecular weight excluding hydrogens is 405 g/mol. The van der Waals surface area contributed by atoms with Gasteiger partial charge in [-0.1, -0.05) is 46.9 Å². The predicted molar refractivity (Wildman–Crippen MR) is 84.7 cm³/mol. The van der Waals surface area contributed by atoms with Gasteiger partial charge in [-0.15, -0.1) is 0 Å². The van der Waals surface area contributed by atoms with E-state index in [1.165, 1.54) is 0 Å². The van der Waals surface area contributed by atoms with Gasteiger partial charge >= 0.3 is 0 Å². The van der Waals surface area contributed by atoms with Gasteiger partial charge in [0, 0.05) is 15.3 Å². The Hall–Kier alpha value is -0.230. The van der Waals surface area contributed by atoms with Gasteiger partial charge in [0.25, 0.3) is 0 Å². The first-order valence-electron chi connectivity index (χ1n) is 5.10. The molecule has 6 heteroatoms. The van der Waals surface area contributed by atoms with Crippen LogP contribution in [0.15, 0.2) is 36.7 Å². The van der Waals surface area contributed by atoms with Crippen molar-refractivity contribution in [1.82, 2.24) is 9.38 Å². The van der Waals surface area contributed by atoms with Crippen LogP contribution < -0.4 is 0 Å². The number of hydrogen-bond acceptors (Lipinski definition) is 1. The van der Waals surface area contributed by atoms with E-state index in [1.54, 1.807) is 12.3 Å². The third kappa shape index (κ3) is 1.97. The van der Waals surface area contributed by atoms with Gasteiger partial charge in [-0.25, -0.2) is 0 Å². The Morgan fingerprint density at radius 3 is 2.61 bits per heavy atom. The van der Waals surface area contributed by atoms with Crippen LogP contribution in [0, 0.1) is 3.57 Å². The third-order valence-corrected chi connectivity index (χ3v) is 4.29. The molecule has 0 fully saturated rings. The number of rotatable bonds is 0. The summed E-state index contributed by atoms with van der Waals surface area (Å²) in [6.07, 6.45) is 3.79. The van der Waals surface area contributed by atoms with Crippen molar-refractivity contribution in [3.63, 3.8) is 0 Å². The number of fused-ring (bicyclic) bond motifs is 3. The van der Waals surface area contributed by atoms with Gasteiger partial charge in [0.1, 0.15) is 0 Å². The topological polar surface area (TPSA) is 17.3 Å². The van der Waals surface area contributed by atoms with E-state index in [1.807, 2.05) is 28.8 Å². The van der Waals surface area contributed by atoms with Crippen LogP contribution in [0.25, 0.3) is 16.6 Å². The van der Waals surface area contributed by atoms with Crippen LogP contribution in [0.4, 0.5) is 0 Å². The highest BCUT2D eigenvalue weighted by Gasteiger charge is 2.26. The van der Waals surface area contributed by atoms with Crippen LogP contribution in [0.1, 0.15) is 5.56 Å². The van der Waals surface area contributed by atoms with E-state index in [0.717, 1.165) is 14.6 Å². The first-order valence-corrected chi connectivity index (χ1v) is 7.31. The van der Waals surface area contributed by atoms with E-state index < -0.39 is 3.79 Å². The Morgan fingerprint density at radius 1 is 1.11 bits per heavy atom. The molecule has 0 atom stereocenters. The van der Waals surface area contributed by atoms with Gasteiger partial charge < -0.3 is 4.40 Å². The summed E-state index contributed by atoms with van der Waals surface area (Å²) in [4.78, 5) is 4.43. The molecule has 3 aromatic rings. The zero-order chi connectivity index (χ0) is 12.9. The lowest BCUT2D eigenvalue weighted by atomic mass is 10.2. The second-order valence-corrected chi connectivity index (χ2v) is 7.29. The summed E-state index contributed by atoms with van der Waals surface area (Å²) in [5.74, 6) is 0. The van der Waals surface area contributed by atoms with Gasteiger partial charge in [-0.05, 0) is 34.7 Å². The molecule has 0 saturated carbocycles. The number of hydrogen-bond donors (Lipinski definition) is 0. The van der Waals surface area contributed by atoms with Crippen molar-refractivity contribution in [2.24, 2.45) is 0 Å². The molecule has 2 nitrogen and oxygen atoms in total. The lowest BCUT2D eigenvalue weighted by molar-refractivity contribution is 1.18. The summed E-state index contributed by atoms with van der Waals surface area (Å²) >= 11 is 20.2. The molecule has 0 aliphatic heterocycles. The lowest BCUT2D eigenvalue weighted by Gasteiger charge is -2.14. The Morgan fingerprint density at radius 2 is 1.89 bits per heavy atom. The maximum Gasteiger partial charge on any atom is 0.218 e. The SMILES string of the molecule is ClC(Cl)(Cl)c1cccc2c1ncc1c(I)ccn12. The quantitative estimate of drug-likeness (QED) is 0.379. The molecule has 0 amide bonds. The van der Waals surface area contributed by atoms with Crippen molar-refractivity contribution in [3.8, 4) is 0 Å². The monoisotopic (exact) mass is 410 g/mol. The molecule has 2 heterocycles. The molecule has 0 spiro atoms. The normalized spacial score (nSPS) is 12.4. The Labute approximate surface area is 132 Å². The second-order valence-electron chi connectivity index (χ2n) is 3.85. The Kier molecular flexibility index (Phi) is 3.13. The maximum atomic E-state index is 5.97. The molecule has 1 aromatic carbocycles. The number of nitrogens with zero attached hydrogens (tertiary/aromatic N) is 2. The van der Waals surface area contributed by atoms with Crippen molar-refractivity contribution in [2.45, 2.75) is 3.79 Å². The molecule has 0 bridgehead atoms. The molecular formula is C12H6Cl3IN2. The van der Waals surface area contributed by atoms with E-state index in [2.05, 4.69) is 27.6 Å². The molecule has 0 aliphatic rings. The van der Waals surface area contributed by atoms with Crippen LogP contribution in [0.3, 0.4) is 0 Å². The molecule has 0 N–H and O–H groups in total. The fourth-order valence-electron chi connectivity index (χ4n) is 1.97. The minimum Gasteiger partial charge on any atom is -0.313 e. The van der Waals surface area contributed by atoms with Crippen molar-refractivity contribution in [2.75, 3.05) is 0 Å². The summed E-state index contributed by atoms with van der Waals surface area (Å²) in [5, 5.41) is 0. The highest BCUT2D eigenvalue weighted by atomic mass is 127. The van der Waals surface area contributed by atoms with Crippen molar-refractivity contribution >= 4 is 73.9 Å². The van der Waals surface area contributed by atoms with Crippen molar-refractivity contribution < 1.29 is 0 Å². The minimum atomic E-state index is -1.47. The second kappa shape index (κ2) is 4.40. The average Bonchev–Trinajstić information content (AvgIpc) is 2.69. The molecule has 0 radical (unpaired) electrons.